The second-order valence-electron chi connectivity index (χ2n) is 5.26. The van der Waals surface area contributed by atoms with Gasteiger partial charge in [0, 0.05) is 42.5 Å². The molecule has 0 bridgehead atoms. The molecule has 2 aromatic rings. The van der Waals surface area contributed by atoms with Crippen molar-refractivity contribution in [2.45, 2.75) is 33.0 Å². The number of benzene rings is 1. The van der Waals surface area contributed by atoms with Gasteiger partial charge in [0.25, 0.3) is 0 Å². The van der Waals surface area contributed by atoms with Crippen LogP contribution in [0.25, 0.3) is 0 Å². The molecule has 1 aromatic carbocycles. The first-order chi connectivity index (χ1) is 9.58. The summed E-state index contributed by atoms with van der Waals surface area (Å²) in [6, 6.07) is 8.72. The molecule has 0 unspecified atom stereocenters. The van der Waals surface area contributed by atoms with Crippen molar-refractivity contribution in [3.8, 4) is 0 Å². The summed E-state index contributed by atoms with van der Waals surface area (Å²) in [5.74, 6) is 0. The maximum absolute atomic E-state index is 6.37. The van der Waals surface area contributed by atoms with E-state index in [4.69, 9.17) is 11.6 Å². The number of hydrogen-bond donors (Lipinski definition) is 1. The first kappa shape index (κ1) is 15.4. The number of halogens is 1. The summed E-state index contributed by atoms with van der Waals surface area (Å²) < 4.78 is 0. The summed E-state index contributed by atoms with van der Waals surface area (Å²) >= 11 is 8.11. The molecule has 2 nitrogen and oxygen atoms in total. The van der Waals surface area contributed by atoms with E-state index in [1.165, 1.54) is 16.8 Å². The predicted octanol–water partition coefficient (Wildman–Crippen LogP) is 4.54. The third-order valence-electron chi connectivity index (χ3n) is 3.19. The van der Waals surface area contributed by atoms with Crippen molar-refractivity contribution in [2.24, 2.45) is 0 Å². The normalized spacial score (nSPS) is 11.1. The first-order valence-corrected chi connectivity index (χ1v) is 8.13. The minimum atomic E-state index is 0.446. The zero-order valence-corrected chi connectivity index (χ0v) is 13.8. The Morgan fingerprint density at radius 3 is 2.75 bits per heavy atom. The van der Waals surface area contributed by atoms with Crippen LogP contribution in [-0.4, -0.2) is 13.1 Å². The van der Waals surface area contributed by atoms with Gasteiger partial charge < -0.3 is 10.2 Å². The molecular formula is C16H21ClN2S. The largest absolute Gasteiger partial charge is 0.370 e. The molecule has 108 valence electrons. The molecular weight excluding hydrogens is 288 g/mol. The van der Waals surface area contributed by atoms with E-state index in [1.807, 2.05) is 12.1 Å². The summed E-state index contributed by atoms with van der Waals surface area (Å²) in [5, 5.41) is 8.58. The lowest BCUT2D eigenvalue weighted by Crippen LogP contribution is -2.24. The van der Waals surface area contributed by atoms with Crippen LogP contribution in [0.2, 0.25) is 5.02 Å². The van der Waals surface area contributed by atoms with Gasteiger partial charge >= 0.3 is 0 Å². The van der Waals surface area contributed by atoms with Gasteiger partial charge in [-0.25, -0.2) is 0 Å². The van der Waals surface area contributed by atoms with Gasteiger partial charge in [-0.1, -0.05) is 31.5 Å². The Bertz CT molecular complexity index is 537. The minimum absolute atomic E-state index is 0.446. The van der Waals surface area contributed by atoms with Crippen LogP contribution in [0.1, 0.15) is 25.0 Å². The van der Waals surface area contributed by atoms with Crippen molar-refractivity contribution in [2.75, 3.05) is 11.9 Å². The summed E-state index contributed by atoms with van der Waals surface area (Å²) in [6.07, 6.45) is 0. The van der Waals surface area contributed by atoms with E-state index in [0.29, 0.717) is 6.04 Å². The topological polar surface area (TPSA) is 15.3 Å². The van der Waals surface area contributed by atoms with Crippen LogP contribution < -0.4 is 10.2 Å². The Kier molecular flexibility index (Phi) is 5.46. The summed E-state index contributed by atoms with van der Waals surface area (Å²) in [5.41, 5.74) is 3.69. The zero-order valence-electron chi connectivity index (χ0n) is 12.2. The van der Waals surface area contributed by atoms with Crippen LogP contribution in [0.15, 0.2) is 35.0 Å². The van der Waals surface area contributed by atoms with Crippen LogP contribution >= 0.6 is 22.9 Å². The van der Waals surface area contributed by atoms with Crippen LogP contribution in [0.5, 0.6) is 0 Å². The fourth-order valence-corrected chi connectivity index (χ4v) is 3.02. The molecule has 1 heterocycles. The number of thiophene rings is 1. The van der Waals surface area contributed by atoms with E-state index in [-0.39, 0.29) is 0 Å². The fraction of sp³-hybridized carbons (Fsp3) is 0.375. The van der Waals surface area contributed by atoms with Crippen molar-refractivity contribution in [1.82, 2.24) is 5.32 Å². The Labute approximate surface area is 130 Å². The van der Waals surface area contributed by atoms with E-state index >= 15 is 0 Å². The van der Waals surface area contributed by atoms with Crippen LogP contribution in [0.4, 0.5) is 5.69 Å². The molecule has 0 aliphatic heterocycles. The summed E-state index contributed by atoms with van der Waals surface area (Å²) in [4.78, 5) is 2.26. The van der Waals surface area contributed by atoms with Gasteiger partial charge in [0.05, 0.1) is 0 Å². The number of rotatable bonds is 6. The average Bonchev–Trinajstić information content (AvgIpc) is 2.89. The molecule has 0 saturated carbocycles. The van der Waals surface area contributed by atoms with E-state index in [2.05, 4.69) is 54.0 Å². The predicted molar refractivity (Wildman–Crippen MR) is 89.9 cm³/mol. The maximum atomic E-state index is 6.37. The minimum Gasteiger partial charge on any atom is -0.370 e. The van der Waals surface area contributed by atoms with E-state index in [0.717, 1.165) is 18.1 Å². The molecule has 4 heteroatoms. The van der Waals surface area contributed by atoms with Crippen molar-refractivity contribution in [1.29, 1.82) is 0 Å². The fourth-order valence-electron chi connectivity index (χ4n) is 2.13. The molecule has 0 fully saturated rings. The van der Waals surface area contributed by atoms with Gasteiger partial charge in [0.2, 0.25) is 0 Å². The molecule has 0 amide bonds. The van der Waals surface area contributed by atoms with Crippen LogP contribution in [0.3, 0.4) is 0 Å². The van der Waals surface area contributed by atoms with E-state index in [9.17, 15) is 0 Å². The van der Waals surface area contributed by atoms with Crippen LogP contribution in [0, 0.1) is 0 Å². The smallest absolute Gasteiger partial charge is 0.0471 e. The van der Waals surface area contributed by atoms with Crippen molar-refractivity contribution in [3.63, 3.8) is 0 Å². The molecule has 1 N–H and O–H groups in total. The van der Waals surface area contributed by atoms with Gasteiger partial charge in [-0.15, -0.1) is 0 Å². The number of hydrogen-bond acceptors (Lipinski definition) is 3. The highest BCUT2D eigenvalue weighted by Crippen LogP contribution is 2.28. The van der Waals surface area contributed by atoms with Crippen molar-refractivity contribution < 1.29 is 0 Å². The Morgan fingerprint density at radius 1 is 1.30 bits per heavy atom. The molecule has 0 saturated heterocycles. The van der Waals surface area contributed by atoms with Gasteiger partial charge in [-0.05, 0) is 34.5 Å². The van der Waals surface area contributed by atoms with Crippen molar-refractivity contribution >= 4 is 28.6 Å². The SMILES string of the molecule is CC(C)NCc1c(Cl)cccc1N(C)Cc1ccsc1. The van der Waals surface area contributed by atoms with Gasteiger partial charge in [0.1, 0.15) is 0 Å². The van der Waals surface area contributed by atoms with Gasteiger partial charge in [-0.3, -0.25) is 0 Å². The van der Waals surface area contributed by atoms with Crippen molar-refractivity contribution in [3.05, 3.63) is 51.2 Å². The highest BCUT2D eigenvalue weighted by atomic mass is 35.5. The molecule has 0 atom stereocenters. The van der Waals surface area contributed by atoms with Gasteiger partial charge in [0.15, 0.2) is 0 Å². The summed E-state index contributed by atoms with van der Waals surface area (Å²) in [7, 11) is 2.11. The highest BCUT2D eigenvalue weighted by Gasteiger charge is 2.11. The lowest BCUT2D eigenvalue weighted by Gasteiger charge is -2.23. The average molecular weight is 309 g/mol. The second kappa shape index (κ2) is 7.11. The molecule has 0 aliphatic rings. The number of anilines is 1. The number of nitrogens with one attached hydrogen (secondary N) is 1. The second-order valence-corrected chi connectivity index (χ2v) is 6.45. The monoisotopic (exact) mass is 308 g/mol. The zero-order chi connectivity index (χ0) is 14.5. The maximum Gasteiger partial charge on any atom is 0.0471 e. The van der Waals surface area contributed by atoms with Gasteiger partial charge in [-0.2, -0.15) is 11.3 Å². The molecule has 2 rings (SSSR count). The number of nitrogens with zero attached hydrogens (tertiary/aromatic N) is 1. The van der Waals surface area contributed by atoms with E-state index in [1.54, 1.807) is 11.3 Å². The lowest BCUT2D eigenvalue weighted by atomic mass is 10.1. The quantitative estimate of drug-likeness (QED) is 0.843. The molecule has 0 aliphatic carbocycles. The Hall–Kier alpha value is -1.03. The molecule has 1 aromatic heterocycles. The lowest BCUT2D eigenvalue weighted by molar-refractivity contribution is 0.588. The molecule has 0 radical (unpaired) electrons. The standard InChI is InChI=1S/C16H21ClN2S/c1-12(2)18-9-14-15(17)5-4-6-16(14)19(3)10-13-7-8-20-11-13/h4-8,11-12,18H,9-10H2,1-3H3. The molecule has 0 spiro atoms. The Morgan fingerprint density at radius 2 is 2.10 bits per heavy atom. The van der Waals surface area contributed by atoms with E-state index < -0.39 is 0 Å². The van der Waals surface area contributed by atoms with Crippen LogP contribution in [-0.2, 0) is 13.1 Å². The Balaban J connectivity index is 2.19. The molecule has 20 heavy (non-hydrogen) atoms. The highest BCUT2D eigenvalue weighted by molar-refractivity contribution is 7.07. The summed E-state index contributed by atoms with van der Waals surface area (Å²) in [6.45, 7) is 5.98. The first-order valence-electron chi connectivity index (χ1n) is 6.81. The third kappa shape index (κ3) is 3.98. The third-order valence-corrected chi connectivity index (χ3v) is 4.28.